The monoisotopic (exact) mass is 296 g/mol. The maximum absolute atomic E-state index is 13.8. The number of benzene rings is 2. The Bertz CT molecular complexity index is 625. The van der Waals surface area contributed by atoms with Crippen LogP contribution in [0.5, 0.6) is 0 Å². The molecule has 112 valence electrons. The van der Waals surface area contributed by atoms with Gasteiger partial charge in [0.1, 0.15) is 5.82 Å². The number of halogens is 3. The lowest BCUT2D eigenvalue weighted by Crippen LogP contribution is -2.37. The summed E-state index contributed by atoms with van der Waals surface area (Å²) in [4.78, 5) is 0. The van der Waals surface area contributed by atoms with E-state index in [0.717, 1.165) is 6.07 Å². The van der Waals surface area contributed by atoms with E-state index in [1.165, 1.54) is 36.4 Å². The second kappa shape index (κ2) is 6.28. The van der Waals surface area contributed by atoms with E-state index in [1.807, 2.05) is 0 Å². The summed E-state index contributed by atoms with van der Waals surface area (Å²) < 4.78 is 40.4. The highest BCUT2D eigenvalue weighted by Gasteiger charge is 2.33. The molecule has 0 aliphatic carbocycles. The third-order valence-electron chi connectivity index (χ3n) is 3.60. The van der Waals surface area contributed by atoms with Crippen LogP contribution in [0.3, 0.4) is 0 Å². The average molecular weight is 296 g/mol. The van der Waals surface area contributed by atoms with Crippen molar-refractivity contribution in [1.82, 2.24) is 0 Å². The summed E-state index contributed by atoms with van der Waals surface area (Å²) in [5.74, 6) is -2.56. The van der Waals surface area contributed by atoms with E-state index >= 15 is 0 Å². The van der Waals surface area contributed by atoms with Crippen LogP contribution in [0.2, 0.25) is 0 Å². The summed E-state index contributed by atoms with van der Waals surface area (Å²) in [5, 5.41) is 19.3. The molecule has 0 aliphatic rings. The molecule has 2 rings (SSSR count). The minimum Gasteiger partial charge on any atom is -0.395 e. The van der Waals surface area contributed by atoms with E-state index in [4.69, 9.17) is 0 Å². The molecule has 0 spiro atoms. The minimum atomic E-state index is -1.28. The average Bonchev–Trinajstić information content (AvgIpc) is 2.49. The van der Waals surface area contributed by atoms with Crippen molar-refractivity contribution in [3.63, 3.8) is 0 Å². The van der Waals surface area contributed by atoms with Crippen LogP contribution in [0, 0.1) is 17.5 Å². The van der Waals surface area contributed by atoms with Crippen molar-refractivity contribution in [2.24, 2.45) is 0 Å². The summed E-state index contributed by atoms with van der Waals surface area (Å²) in [5.41, 5.74) is -0.935. The zero-order valence-electron chi connectivity index (χ0n) is 11.2. The number of hydrogen-bond donors (Lipinski definition) is 2. The third-order valence-corrected chi connectivity index (χ3v) is 3.60. The Hall–Kier alpha value is -1.85. The Morgan fingerprint density at radius 1 is 0.905 bits per heavy atom. The summed E-state index contributed by atoms with van der Waals surface area (Å²) in [6.07, 6.45) is -0.146. The first-order chi connectivity index (χ1) is 10.0. The molecule has 0 radical (unpaired) electrons. The third kappa shape index (κ3) is 3.09. The summed E-state index contributed by atoms with van der Waals surface area (Å²) >= 11 is 0. The molecule has 5 heteroatoms. The smallest absolute Gasteiger partial charge is 0.162 e. The van der Waals surface area contributed by atoms with Crippen molar-refractivity contribution in [2.45, 2.75) is 11.8 Å². The number of aliphatic hydroxyl groups excluding tert-OH is 2. The molecule has 0 fully saturated rings. The predicted octanol–water partition coefficient (Wildman–Crippen LogP) is 2.57. The molecule has 0 heterocycles. The Kier molecular flexibility index (Phi) is 4.65. The largest absolute Gasteiger partial charge is 0.395 e. The SMILES string of the molecule is OCC(CO)(Cc1cccc(F)c1F)c1cccc(F)c1. The van der Waals surface area contributed by atoms with Crippen LogP contribution in [0.4, 0.5) is 13.2 Å². The van der Waals surface area contributed by atoms with Gasteiger partial charge in [-0.15, -0.1) is 0 Å². The highest BCUT2D eigenvalue weighted by molar-refractivity contribution is 5.31. The van der Waals surface area contributed by atoms with E-state index in [-0.39, 0.29) is 12.0 Å². The molecule has 2 N–H and O–H groups in total. The topological polar surface area (TPSA) is 40.5 Å². The number of rotatable bonds is 5. The molecule has 2 aromatic carbocycles. The van der Waals surface area contributed by atoms with Crippen molar-refractivity contribution in [3.8, 4) is 0 Å². The lowest BCUT2D eigenvalue weighted by atomic mass is 9.76. The van der Waals surface area contributed by atoms with Gasteiger partial charge in [-0.2, -0.15) is 0 Å². The molecule has 21 heavy (non-hydrogen) atoms. The normalized spacial score (nSPS) is 11.7. The molecule has 2 aromatic rings. The Morgan fingerprint density at radius 3 is 2.19 bits per heavy atom. The fourth-order valence-corrected chi connectivity index (χ4v) is 2.31. The molecule has 0 saturated carbocycles. The van der Waals surface area contributed by atoms with Crippen LogP contribution >= 0.6 is 0 Å². The molecule has 0 unspecified atom stereocenters. The van der Waals surface area contributed by atoms with Gasteiger partial charge in [-0.1, -0.05) is 24.3 Å². The van der Waals surface area contributed by atoms with Gasteiger partial charge in [0.2, 0.25) is 0 Å². The van der Waals surface area contributed by atoms with E-state index in [0.29, 0.717) is 5.56 Å². The van der Waals surface area contributed by atoms with Gasteiger partial charge in [-0.05, 0) is 35.7 Å². The zero-order chi connectivity index (χ0) is 15.5. The Labute approximate surface area is 120 Å². The summed E-state index contributed by atoms with van der Waals surface area (Å²) in [6, 6.07) is 9.08. The number of hydrogen-bond acceptors (Lipinski definition) is 2. The molecular formula is C16H15F3O2. The molecular weight excluding hydrogens is 281 g/mol. The predicted molar refractivity (Wildman–Crippen MR) is 72.3 cm³/mol. The Balaban J connectivity index is 2.45. The molecule has 0 aliphatic heterocycles. The standard InChI is InChI=1S/C16H15F3O2/c17-13-5-2-4-12(7-13)16(9-20,10-21)8-11-3-1-6-14(18)15(11)19/h1-7,20-21H,8-10H2. The van der Waals surface area contributed by atoms with Crippen molar-refractivity contribution >= 4 is 0 Å². The van der Waals surface area contributed by atoms with E-state index in [2.05, 4.69) is 0 Å². The van der Waals surface area contributed by atoms with E-state index in [1.54, 1.807) is 0 Å². The molecule has 2 nitrogen and oxygen atoms in total. The summed E-state index contributed by atoms with van der Waals surface area (Å²) in [7, 11) is 0. The van der Waals surface area contributed by atoms with Gasteiger partial charge in [-0.25, -0.2) is 13.2 Å². The van der Waals surface area contributed by atoms with Gasteiger partial charge < -0.3 is 10.2 Å². The summed E-state index contributed by atoms with van der Waals surface area (Å²) in [6.45, 7) is -1.05. The van der Waals surface area contributed by atoms with Crippen LogP contribution in [0.25, 0.3) is 0 Å². The van der Waals surface area contributed by atoms with Crippen molar-refractivity contribution in [3.05, 3.63) is 71.0 Å². The van der Waals surface area contributed by atoms with Gasteiger partial charge in [0.15, 0.2) is 11.6 Å². The fourth-order valence-electron chi connectivity index (χ4n) is 2.31. The lowest BCUT2D eigenvalue weighted by Gasteiger charge is -2.30. The van der Waals surface area contributed by atoms with E-state index < -0.39 is 36.1 Å². The van der Waals surface area contributed by atoms with Crippen LogP contribution in [-0.4, -0.2) is 23.4 Å². The Morgan fingerprint density at radius 2 is 1.57 bits per heavy atom. The van der Waals surface area contributed by atoms with Crippen LogP contribution in [0.1, 0.15) is 11.1 Å². The second-order valence-corrected chi connectivity index (χ2v) is 5.00. The number of aliphatic hydroxyl groups is 2. The minimum absolute atomic E-state index is 0.0161. The van der Waals surface area contributed by atoms with Gasteiger partial charge in [-0.3, -0.25) is 0 Å². The first kappa shape index (κ1) is 15.5. The second-order valence-electron chi connectivity index (χ2n) is 5.00. The molecule has 0 amide bonds. The van der Waals surface area contributed by atoms with E-state index in [9.17, 15) is 23.4 Å². The highest BCUT2D eigenvalue weighted by Crippen LogP contribution is 2.30. The van der Waals surface area contributed by atoms with Crippen molar-refractivity contribution < 1.29 is 23.4 Å². The zero-order valence-corrected chi connectivity index (χ0v) is 11.2. The molecule has 0 atom stereocenters. The van der Waals surface area contributed by atoms with Crippen LogP contribution in [0.15, 0.2) is 42.5 Å². The van der Waals surface area contributed by atoms with Gasteiger partial charge in [0.05, 0.1) is 13.2 Å². The van der Waals surface area contributed by atoms with Gasteiger partial charge >= 0.3 is 0 Å². The maximum Gasteiger partial charge on any atom is 0.162 e. The first-order valence-corrected chi connectivity index (χ1v) is 6.43. The fraction of sp³-hybridized carbons (Fsp3) is 0.250. The van der Waals surface area contributed by atoms with Crippen LogP contribution < -0.4 is 0 Å². The van der Waals surface area contributed by atoms with Gasteiger partial charge in [0, 0.05) is 5.41 Å². The first-order valence-electron chi connectivity index (χ1n) is 6.43. The maximum atomic E-state index is 13.8. The lowest BCUT2D eigenvalue weighted by molar-refractivity contribution is 0.115. The van der Waals surface area contributed by atoms with Crippen molar-refractivity contribution in [1.29, 1.82) is 0 Å². The quantitative estimate of drug-likeness (QED) is 0.890. The molecule has 0 bridgehead atoms. The molecule has 0 saturated heterocycles. The molecule has 0 aromatic heterocycles. The van der Waals surface area contributed by atoms with Gasteiger partial charge in [0.25, 0.3) is 0 Å². The highest BCUT2D eigenvalue weighted by atomic mass is 19.2. The van der Waals surface area contributed by atoms with Crippen molar-refractivity contribution in [2.75, 3.05) is 13.2 Å². The van der Waals surface area contributed by atoms with Crippen LogP contribution in [-0.2, 0) is 11.8 Å².